The first-order valence-electron chi connectivity index (χ1n) is 5.48. The summed E-state index contributed by atoms with van der Waals surface area (Å²) in [7, 11) is 0. The highest BCUT2D eigenvalue weighted by molar-refractivity contribution is 7.13. The van der Waals surface area contributed by atoms with Crippen LogP contribution in [-0.2, 0) is 11.2 Å². The van der Waals surface area contributed by atoms with Gasteiger partial charge < -0.3 is 10.1 Å². The second-order valence-corrected chi connectivity index (χ2v) is 4.83. The molecule has 2 N–H and O–H groups in total. The Morgan fingerprint density at radius 1 is 1.59 bits per heavy atom. The number of aliphatic carboxylic acids is 1. The Morgan fingerprint density at radius 3 is 3.06 bits per heavy atom. The number of H-pyrrole nitrogens is 1. The summed E-state index contributed by atoms with van der Waals surface area (Å²) in [6.07, 6.45) is 1.48. The van der Waals surface area contributed by atoms with Crippen molar-refractivity contribution in [1.82, 2.24) is 9.97 Å². The minimum absolute atomic E-state index is 0.189. The molecular weight excluding hydrogens is 236 g/mol. The summed E-state index contributed by atoms with van der Waals surface area (Å²) >= 11 is 1.66. The second-order valence-electron chi connectivity index (χ2n) is 3.88. The Morgan fingerprint density at radius 2 is 2.41 bits per heavy atom. The zero-order valence-electron chi connectivity index (χ0n) is 9.56. The number of rotatable bonds is 5. The molecule has 0 aliphatic carbocycles. The lowest BCUT2D eigenvalue weighted by atomic mass is 10.2. The standard InChI is InChI=1S/C12H14N2O2S/c1-8-12(9-4-3-7-17-9)14-10(13-8)5-2-6-11(15)16/h3-4,7H,2,5-6H2,1H3,(H,13,14)(H,15,16). The number of carboxylic acids is 1. The molecule has 0 aliphatic rings. The van der Waals surface area contributed by atoms with E-state index in [1.807, 2.05) is 24.4 Å². The van der Waals surface area contributed by atoms with Gasteiger partial charge >= 0.3 is 5.97 Å². The van der Waals surface area contributed by atoms with Gasteiger partial charge in [-0.25, -0.2) is 4.98 Å². The number of hydrogen-bond donors (Lipinski definition) is 2. The first-order valence-corrected chi connectivity index (χ1v) is 6.36. The Balaban J connectivity index is 2.06. The summed E-state index contributed by atoms with van der Waals surface area (Å²) in [5, 5.41) is 10.6. The first kappa shape index (κ1) is 11.9. The number of aryl methyl sites for hydroxylation is 2. The van der Waals surface area contributed by atoms with Crippen LogP contribution >= 0.6 is 11.3 Å². The maximum Gasteiger partial charge on any atom is 0.303 e. The number of imidazole rings is 1. The monoisotopic (exact) mass is 250 g/mol. The smallest absolute Gasteiger partial charge is 0.303 e. The first-order chi connectivity index (χ1) is 8.16. The molecule has 0 saturated carbocycles. The SMILES string of the molecule is Cc1[nH]c(CCCC(=O)O)nc1-c1cccs1. The molecule has 90 valence electrons. The molecule has 0 bridgehead atoms. The number of thiophene rings is 1. The van der Waals surface area contributed by atoms with Crippen LogP contribution in [0.4, 0.5) is 0 Å². The molecule has 17 heavy (non-hydrogen) atoms. The van der Waals surface area contributed by atoms with E-state index >= 15 is 0 Å². The molecule has 0 aromatic carbocycles. The van der Waals surface area contributed by atoms with Crippen LogP contribution in [0.5, 0.6) is 0 Å². The predicted octanol–water partition coefficient (Wildman–Crippen LogP) is 2.85. The lowest BCUT2D eigenvalue weighted by Crippen LogP contribution is -1.96. The molecule has 0 fully saturated rings. The number of carboxylic acid groups (broad SMARTS) is 1. The van der Waals surface area contributed by atoms with Gasteiger partial charge in [-0.1, -0.05) is 6.07 Å². The van der Waals surface area contributed by atoms with Crippen molar-refractivity contribution in [2.75, 3.05) is 0 Å². The van der Waals surface area contributed by atoms with E-state index in [0.29, 0.717) is 12.8 Å². The number of carbonyl (C=O) groups is 1. The molecule has 0 saturated heterocycles. The lowest BCUT2D eigenvalue weighted by Gasteiger charge is -1.93. The van der Waals surface area contributed by atoms with Crippen LogP contribution in [0.2, 0.25) is 0 Å². The van der Waals surface area contributed by atoms with Crippen molar-refractivity contribution in [3.8, 4) is 10.6 Å². The highest BCUT2D eigenvalue weighted by Crippen LogP contribution is 2.25. The van der Waals surface area contributed by atoms with Gasteiger partial charge in [-0.15, -0.1) is 11.3 Å². The van der Waals surface area contributed by atoms with Gasteiger partial charge in [0, 0.05) is 18.5 Å². The number of nitrogens with zero attached hydrogens (tertiary/aromatic N) is 1. The molecule has 0 atom stereocenters. The van der Waals surface area contributed by atoms with E-state index < -0.39 is 5.97 Å². The zero-order valence-corrected chi connectivity index (χ0v) is 10.4. The Labute approximate surface area is 103 Å². The summed E-state index contributed by atoms with van der Waals surface area (Å²) in [5.74, 6) is 0.110. The van der Waals surface area contributed by atoms with Crippen LogP contribution in [0.1, 0.15) is 24.4 Å². The van der Waals surface area contributed by atoms with Crippen molar-refractivity contribution in [3.63, 3.8) is 0 Å². The Bertz CT molecular complexity index is 503. The fraction of sp³-hybridized carbons (Fsp3) is 0.333. The van der Waals surface area contributed by atoms with Crippen LogP contribution in [-0.4, -0.2) is 21.0 Å². The van der Waals surface area contributed by atoms with Crippen molar-refractivity contribution in [2.24, 2.45) is 0 Å². The van der Waals surface area contributed by atoms with Crippen LogP contribution in [0.15, 0.2) is 17.5 Å². The third-order valence-electron chi connectivity index (χ3n) is 2.49. The third kappa shape index (κ3) is 2.94. The highest BCUT2D eigenvalue weighted by atomic mass is 32.1. The van der Waals surface area contributed by atoms with Crippen LogP contribution in [0, 0.1) is 6.92 Å². The van der Waals surface area contributed by atoms with Crippen molar-refractivity contribution in [1.29, 1.82) is 0 Å². The van der Waals surface area contributed by atoms with Crippen LogP contribution < -0.4 is 0 Å². The second kappa shape index (κ2) is 5.14. The number of hydrogen-bond acceptors (Lipinski definition) is 3. The van der Waals surface area contributed by atoms with E-state index in [0.717, 1.165) is 22.1 Å². The molecule has 2 rings (SSSR count). The summed E-state index contributed by atoms with van der Waals surface area (Å²) < 4.78 is 0. The number of nitrogens with one attached hydrogen (secondary N) is 1. The summed E-state index contributed by atoms with van der Waals surface area (Å²) in [4.78, 5) is 19.3. The largest absolute Gasteiger partial charge is 0.481 e. The minimum Gasteiger partial charge on any atom is -0.481 e. The average Bonchev–Trinajstić information content (AvgIpc) is 2.86. The molecule has 0 unspecified atom stereocenters. The maximum atomic E-state index is 10.4. The molecule has 5 heteroatoms. The van der Waals surface area contributed by atoms with E-state index in [9.17, 15) is 4.79 Å². The quantitative estimate of drug-likeness (QED) is 0.857. The number of aromatic nitrogens is 2. The van der Waals surface area contributed by atoms with Gasteiger partial charge in [0.2, 0.25) is 0 Å². The fourth-order valence-electron chi connectivity index (χ4n) is 1.70. The van der Waals surface area contributed by atoms with Crippen LogP contribution in [0.3, 0.4) is 0 Å². The molecular formula is C12H14N2O2S. The maximum absolute atomic E-state index is 10.4. The normalized spacial score (nSPS) is 10.6. The van der Waals surface area contributed by atoms with E-state index in [2.05, 4.69) is 9.97 Å². The van der Waals surface area contributed by atoms with Gasteiger partial charge in [0.15, 0.2) is 0 Å². The molecule has 2 heterocycles. The van der Waals surface area contributed by atoms with Gasteiger partial charge in [-0.3, -0.25) is 4.79 Å². The molecule has 2 aromatic heterocycles. The molecule has 0 spiro atoms. The molecule has 0 radical (unpaired) electrons. The van der Waals surface area contributed by atoms with Crippen molar-refractivity contribution >= 4 is 17.3 Å². The van der Waals surface area contributed by atoms with Crippen molar-refractivity contribution < 1.29 is 9.90 Å². The van der Waals surface area contributed by atoms with Gasteiger partial charge in [0.1, 0.15) is 11.5 Å². The Hall–Kier alpha value is -1.62. The van der Waals surface area contributed by atoms with Gasteiger partial charge in [-0.2, -0.15) is 0 Å². The van der Waals surface area contributed by atoms with E-state index in [4.69, 9.17) is 5.11 Å². The van der Waals surface area contributed by atoms with E-state index in [1.165, 1.54) is 0 Å². The van der Waals surface area contributed by atoms with E-state index in [1.54, 1.807) is 11.3 Å². The number of aromatic amines is 1. The third-order valence-corrected chi connectivity index (χ3v) is 3.37. The average molecular weight is 250 g/mol. The van der Waals surface area contributed by atoms with Crippen molar-refractivity contribution in [3.05, 3.63) is 29.0 Å². The fourth-order valence-corrected chi connectivity index (χ4v) is 2.47. The molecule has 0 aliphatic heterocycles. The van der Waals surface area contributed by atoms with Gasteiger partial charge in [0.25, 0.3) is 0 Å². The summed E-state index contributed by atoms with van der Waals surface area (Å²) in [6.45, 7) is 1.99. The highest BCUT2D eigenvalue weighted by Gasteiger charge is 2.09. The van der Waals surface area contributed by atoms with E-state index in [-0.39, 0.29) is 6.42 Å². The lowest BCUT2D eigenvalue weighted by molar-refractivity contribution is -0.137. The van der Waals surface area contributed by atoms with Crippen molar-refractivity contribution in [2.45, 2.75) is 26.2 Å². The Kier molecular flexibility index (Phi) is 3.58. The predicted molar refractivity (Wildman–Crippen MR) is 67.2 cm³/mol. The topological polar surface area (TPSA) is 66.0 Å². The molecule has 2 aromatic rings. The zero-order chi connectivity index (χ0) is 12.3. The summed E-state index contributed by atoms with van der Waals surface area (Å²) in [5.41, 5.74) is 2.02. The van der Waals surface area contributed by atoms with Gasteiger partial charge in [0.05, 0.1) is 4.88 Å². The molecule has 0 amide bonds. The van der Waals surface area contributed by atoms with Crippen LogP contribution in [0.25, 0.3) is 10.6 Å². The van der Waals surface area contributed by atoms with Gasteiger partial charge in [-0.05, 0) is 24.8 Å². The minimum atomic E-state index is -0.758. The summed E-state index contributed by atoms with van der Waals surface area (Å²) in [6, 6.07) is 4.03. The molecule has 4 nitrogen and oxygen atoms in total.